The van der Waals surface area contributed by atoms with Crippen LogP contribution in [0.3, 0.4) is 0 Å². The minimum Gasteiger partial charge on any atom is -0.497 e. The largest absolute Gasteiger partial charge is 0.497 e. The number of anilines is 1. The van der Waals surface area contributed by atoms with Crippen molar-refractivity contribution in [2.75, 3.05) is 12.4 Å². The van der Waals surface area contributed by atoms with Crippen molar-refractivity contribution in [2.45, 2.75) is 17.3 Å². The van der Waals surface area contributed by atoms with Crippen molar-refractivity contribution in [3.63, 3.8) is 0 Å². The standard InChI is InChI=1S/C17H17N5O2S/c1-12(16(23)18-13-8-10-15(24-2)11-9-13)25-17-19-20-21-22(17)14-6-4-3-5-7-14/h3-12H,1-2H3,(H,18,23)/t12-/m0/s1. The summed E-state index contributed by atoms with van der Waals surface area (Å²) in [4.78, 5) is 12.4. The zero-order valence-corrected chi connectivity index (χ0v) is 14.6. The molecule has 1 aromatic heterocycles. The molecule has 1 N–H and O–H groups in total. The molecule has 3 aromatic rings. The Balaban J connectivity index is 1.67. The molecule has 0 saturated carbocycles. The van der Waals surface area contributed by atoms with Crippen LogP contribution in [-0.2, 0) is 4.79 Å². The number of nitrogens with zero attached hydrogens (tertiary/aromatic N) is 4. The lowest BCUT2D eigenvalue weighted by Gasteiger charge is -2.12. The van der Waals surface area contributed by atoms with Crippen molar-refractivity contribution >= 4 is 23.4 Å². The van der Waals surface area contributed by atoms with Crippen molar-refractivity contribution in [3.05, 3.63) is 54.6 Å². The second-order valence-corrected chi connectivity index (χ2v) is 6.49. The summed E-state index contributed by atoms with van der Waals surface area (Å²) in [6.45, 7) is 1.81. The fourth-order valence-electron chi connectivity index (χ4n) is 2.11. The molecule has 0 saturated heterocycles. The maximum absolute atomic E-state index is 12.4. The number of rotatable bonds is 6. The first-order chi connectivity index (χ1) is 12.2. The number of benzene rings is 2. The number of nitrogens with one attached hydrogen (secondary N) is 1. The first kappa shape index (κ1) is 17.0. The lowest BCUT2D eigenvalue weighted by molar-refractivity contribution is -0.115. The number of methoxy groups -OCH3 is 1. The third-order valence-corrected chi connectivity index (χ3v) is 4.48. The Labute approximate surface area is 149 Å². The molecule has 0 radical (unpaired) electrons. The number of para-hydroxylation sites is 1. The topological polar surface area (TPSA) is 81.9 Å². The smallest absolute Gasteiger partial charge is 0.237 e. The molecular weight excluding hydrogens is 338 g/mol. The zero-order valence-electron chi connectivity index (χ0n) is 13.8. The third kappa shape index (κ3) is 4.16. The molecule has 1 heterocycles. The number of carbonyl (C=O) groups is 1. The highest BCUT2D eigenvalue weighted by molar-refractivity contribution is 8.00. The Morgan fingerprint density at radius 1 is 1.16 bits per heavy atom. The minimum absolute atomic E-state index is 0.127. The second-order valence-electron chi connectivity index (χ2n) is 5.19. The number of tetrazole rings is 1. The second kappa shape index (κ2) is 7.80. The Kier molecular flexibility index (Phi) is 5.30. The quantitative estimate of drug-likeness (QED) is 0.685. The van der Waals surface area contributed by atoms with E-state index >= 15 is 0 Å². The van der Waals surface area contributed by atoms with E-state index in [2.05, 4.69) is 20.8 Å². The maximum atomic E-state index is 12.4. The highest BCUT2D eigenvalue weighted by Gasteiger charge is 2.19. The van der Waals surface area contributed by atoms with Gasteiger partial charge in [0.05, 0.1) is 18.0 Å². The fraction of sp³-hybridized carbons (Fsp3) is 0.176. The van der Waals surface area contributed by atoms with E-state index in [0.717, 1.165) is 11.4 Å². The molecule has 25 heavy (non-hydrogen) atoms. The van der Waals surface area contributed by atoms with E-state index < -0.39 is 0 Å². The summed E-state index contributed by atoms with van der Waals surface area (Å²) in [5.74, 6) is 0.611. The van der Waals surface area contributed by atoms with E-state index in [1.54, 1.807) is 36.1 Å². The molecule has 0 aliphatic heterocycles. The lowest BCUT2D eigenvalue weighted by atomic mass is 10.3. The van der Waals surface area contributed by atoms with E-state index in [4.69, 9.17) is 4.74 Å². The number of amides is 1. The number of carbonyl (C=O) groups excluding carboxylic acids is 1. The van der Waals surface area contributed by atoms with E-state index in [1.165, 1.54) is 11.8 Å². The van der Waals surface area contributed by atoms with Crippen molar-refractivity contribution in [1.29, 1.82) is 0 Å². The van der Waals surface area contributed by atoms with Crippen LogP contribution in [0.25, 0.3) is 5.69 Å². The number of ether oxygens (including phenoxy) is 1. The van der Waals surface area contributed by atoms with Crippen LogP contribution in [0.5, 0.6) is 5.75 Å². The van der Waals surface area contributed by atoms with Gasteiger partial charge >= 0.3 is 0 Å². The molecule has 0 aliphatic rings. The monoisotopic (exact) mass is 355 g/mol. The van der Waals surface area contributed by atoms with Gasteiger partial charge < -0.3 is 10.1 Å². The molecule has 7 nitrogen and oxygen atoms in total. The van der Waals surface area contributed by atoms with Gasteiger partial charge in [0.25, 0.3) is 0 Å². The number of hydrogen-bond donors (Lipinski definition) is 1. The molecule has 0 fully saturated rings. The third-order valence-electron chi connectivity index (χ3n) is 3.45. The van der Waals surface area contributed by atoms with Crippen molar-refractivity contribution in [2.24, 2.45) is 0 Å². The maximum Gasteiger partial charge on any atom is 0.237 e. The van der Waals surface area contributed by atoms with Crippen LogP contribution < -0.4 is 10.1 Å². The van der Waals surface area contributed by atoms with Crippen LogP contribution >= 0.6 is 11.8 Å². The first-order valence-corrected chi connectivity index (χ1v) is 8.50. The van der Waals surface area contributed by atoms with Crippen LogP contribution in [0, 0.1) is 0 Å². The van der Waals surface area contributed by atoms with Gasteiger partial charge in [0.2, 0.25) is 11.1 Å². The Hall–Kier alpha value is -2.87. The zero-order chi connectivity index (χ0) is 17.6. The number of thioether (sulfide) groups is 1. The van der Waals surface area contributed by atoms with Gasteiger partial charge in [0.1, 0.15) is 5.75 Å². The molecule has 128 valence electrons. The van der Waals surface area contributed by atoms with Crippen LogP contribution in [0.1, 0.15) is 6.92 Å². The Bertz CT molecular complexity index is 836. The summed E-state index contributed by atoms with van der Waals surface area (Å²) in [5, 5.41) is 14.8. The van der Waals surface area contributed by atoms with Crippen LogP contribution in [-0.4, -0.2) is 38.5 Å². The Morgan fingerprint density at radius 3 is 2.56 bits per heavy atom. The van der Waals surface area contributed by atoms with E-state index in [-0.39, 0.29) is 11.2 Å². The normalized spacial score (nSPS) is 11.8. The average Bonchev–Trinajstić information content (AvgIpc) is 3.11. The molecule has 1 amide bonds. The summed E-state index contributed by atoms with van der Waals surface area (Å²) < 4.78 is 6.72. The highest BCUT2D eigenvalue weighted by atomic mass is 32.2. The summed E-state index contributed by atoms with van der Waals surface area (Å²) in [6.07, 6.45) is 0. The molecule has 2 aromatic carbocycles. The first-order valence-electron chi connectivity index (χ1n) is 7.63. The summed E-state index contributed by atoms with van der Waals surface area (Å²) in [7, 11) is 1.60. The van der Waals surface area contributed by atoms with Gasteiger partial charge in [-0.2, -0.15) is 4.68 Å². The van der Waals surface area contributed by atoms with E-state index in [0.29, 0.717) is 10.8 Å². The highest BCUT2D eigenvalue weighted by Crippen LogP contribution is 2.24. The summed E-state index contributed by atoms with van der Waals surface area (Å²) in [6, 6.07) is 16.7. The summed E-state index contributed by atoms with van der Waals surface area (Å²) in [5.41, 5.74) is 1.55. The van der Waals surface area contributed by atoms with Gasteiger partial charge in [-0.1, -0.05) is 30.0 Å². The number of aromatic nitrogens is 4. The van der Waals surface area contributed by atoms with Crippen molar-refractivity contribution in [1.82, 2.24) is 20.2 Å². The number of hydrogen-bond acceptors (Lipinski definition) is 6. The van der Waals surface area contributed by atoms with Crippen molar-refractivity contribution in [3.8, 4) is 11.4 Å². The van der Waals surface area contributed by atoms with Gasteiger partial charge in [0, 0.05) is 5.69 Å². The van der Waals surface area contributed by atoms with Crippen LogP contribution in [0.2, 0.25) is 0 Å². The van der Waals surface area contributed by atoms with E-state index in [1.807, 2.05) is 37.3 Å². The van der Waals surface area contributed by atoms with Gasteiger partial charge in [-0.05, 0) is 53.7 Å². The van der Waals surface area contributed by atoms with E-state index in [9.17, 15) is 4.79 Å². The SMILES string of the molecule is COc1ccc(NC(=O)[C@H](C)Sc2nnnn2-c2ccccc2)cc1. The fourth-order valence-corrected chi connectivity index (χ4v) is 2.92. The molecule has 0 aliphatic carbocycles. The van der Waals surface area contributed by atoms with Gasteiger partial charge in [0.15, 0.2) is 0 Å². The molecule has 3 rings (SSSR count). The van der Waals surface area contributed by atoms with Gasteiger partial charge in [-0.25, -0.2) is 0 Å². The molecular formula is C17H17N5O2S. The molecule has 0 spiro atoms. The molecule has 0 unspecified atom stereocenters. The van der Waals surface area contributed by atoms with Gasteiger partial charge in [-0.3, -0.25) is 4.79 Å². The van der Waals surface area contributed by atoms with Crippen LogP contribution in [0.15, 0.2) is 59.8 Å². The minimum atomic E-state index is -0.365. The molecule has 8 heteroatoms. The lowest BCUT2D eigenvalue weighted by Crippen LogP contribution is -2.22. The molecule has 1 atom stereocenters. The van der Waals surface area contributed by atoms with Crippen LogP contribution in [0.4, 0.5) is 5.69 Å². The van der Waals surface area contributed by atoms with Gasteiger partial charge in [-0.15, -0.1) is 5.10 Å². The average molecular weight is 355 g/mol. The Morgan fingerprint density at radius 2 is 1.88 bits per heavy atom. The predicted octanol–water partition coefficient (Wildman–Crippen LogP) is 2.79. The molecule has 0 bridgehead atoms. The predicted molar refractivity (Wildman–Crippen MR) is 96.1 cm³/mol. The van der Waals surface area contributed by atoms with Crippen molar-refractivity contribution < 1.29 is 9.53 Å². The summed E-state index contributed by atoms with van der Waals surface area (Å²) >= 11 is 1.30.